The Kier molecular flexibility index (Phi) is 1.84. The first-order chi connectivity index (χ1) is 3.18. The van der Waals surface area contributed by atoms with Gasteiger partial charge in [-0.25, -0.2) is 0 Å². The van der Waals surface area contributed by atoms with Crippen molar-refractivity contribution in [3.8, 4) is 0 Å². The highest BCUT2D eigenvalue weighted by atomic mass is 16.3. The van der Waals surface area contributed by atoms with Crippen LogP contribution >= 0.6 is 0 Å². The van der Waals surface area contributed by atoms with Gasteiger partial charge in [-0.3, -0.25) is 9.59 Å². The largest absolute Gasteiger partial charge is 0.351 e. The zero-order valence-corrected chi connectivity index (χ0v) is 3.67. The van der Waals surface area contributed by atoms with Crippen LogP contribution in [0.1, 0.15) is 6.92 Å². The van der Waals surface area contributed by atoms with Gasteiger partial charge in [0.2, 0.25) is 5.78 Å². The number of Topliss-reactive ketones (excluding diaryl/α,β-unsaturated/α-hetero) is 1. The topological polar surface area (TPSA) is 63.6 Å². The Labute approximate surface area is 39.5 Å². The van der Waals surface area contributed by atoms with Crippen LogP contribution in [-0.2, 0) is 9.59 Å². The smallest absolute Gasteiger partial charge is 0.289 e. The van der Waals surface area contributed by atoms with Crippen molar-refractivity contribution in [2.24, 2.45) is 5.18 Å². The molecule has 0 aromatic heterocycles. The molecule has 0 aromatic rings. The third-order valence-corrected chi connectivity index (χ3v) is 0.384. The van der Waals surface area contributed by atoms with E-state index in [0.29, 0.717) is 0 Å². The van der Waals surface area contributed by atoms with Crippen LogP contribution in [0.3, 0.4) is 0 Å². The molecule has 0 saturated heterocycles. The summed E-state index contributed by atoms with van der Waals surface area (Å²) in [6.45, 7) is 0.990. The van der Waals surface area contributed by atoms with Crippen molar-refractivity contribution in [2.45, 2.75) is 6.92 Å². The van der Waals surface area contributed by atoms with Gasteiger partial charge in [-0.2, -0.15) is 0 Å². The standard InChI is InChI=1S/C3H3NO3/c1-2(5)3(6)4-7/h1H3. The SMILES string of the molecule is CC(=O)C(=O)N=O. The summed E-state index contributed by atoms with van der Waals surface area (Å²) in [6, 6.07) is 0. The van der Waals surface area contributed by atoms with Gasteiger partial charge in [0.1, 0.15) is 0 Å². The maximum Gasteiger partial charge on any atom is 0.351 e. The van der Waals surface area contributed by atoms with Gasteiger partial charge >= 0.3 is 5.91 Å². The Bertz CT molecular complexity index is 117. The number of hydrogen-bond acceptors (Lipinski definition) is 3. The van der Waals surface area contributed by atoms with Crippen molar-refractivity contribution >= 4 is 11.7 Å². The van der Waals surface area contributed by atoms with Gasteiger partial charge in [0.05, 0.1) is 0 Å². The molecule has 0 aromatic carbocycles. The molecule has 0 aliphatic rings. The Morgan fingerprint density at radius 2 is 1.86 bits per heavy atom. The molecule has 0 unspecified atom stereocenters. The summed E-state index contributed by atoms with van der Waals surface area (Å²) in [7, 11) is 0. The summed E-state index contributed by atoms with van der Waals surface area (Å²) in [5.41, 5.74) is 0. The highest BCUT2D eigenvalue weighted by Gasteiger charge is 2.04. The normalized spacial score (nSPS) is 7.57. The molecule has 0 spiro atoms. The molecule has 38 valence electrons. The number of amides is 1. The number of hydrogen-bond donors (Lipinski definition) is 0. The summed E-state index contributed by atoms with van der Waals surface area (Å²) < 4.78 is 0. The third kappa shape index (κ3) is 1.75. The summed E-state index contributed by atoms with van der Waals surface area (Å²) in [4.78, 5) is 28.5. The zero-order valence-electron chi connectivity index (χ0n) is 3.67. The fourth-order valence-corrected chi connectivity index (χ4v) is 0.0643. The van der Waals surface area contributed by atoms with Gasteiger partial charge in [-0.05, 0) is 0 Å². The molecule has 0 rings (SSSR count). The quantitative estimate of drug-likeness (QED) is 0.341. The molecule has 0 N–H and O–H groups in total. The summed E-state index contributed by atoms with van der Waals surface area (Å²) >= 11 is 0. The van der Waals surface area contributed by atoms with E-state index in [1.165, 1.54) is 0 Å². The minimum absolute atomic E-state index is 0.824. The Morgan fingerprint density at radius 3 is 1.86 bits per heavy atom. The first-order valence-electron chi connectivity index (χ1n) is 1.56. The molecule has 0 aliphatic carbocycles. The number of nitroso groups, excluding NO2 is 1. The summed E-state index contributed by atoms with van der Waals surface area (Å²) in [6.07, 6.45) is 0. The molecule has 0 bridgehead atoms. The Balaban J connectivity index is 3.81. The molecule has 4 heteroatoms. The molecule has 7 heavy (non-hydrogen) atoms. The van der Waals surface area contributed by atoms with E-state index in [2.05, 4.69) is 0 Å². The van der Waals surface area contributed by atoms with Crippen LogP contribution in [0.25, 0.3) is 0 Å². The van der Waals surface area contributed by atoms with E-state index in [4.69, 9.17) is 4.91 Å². The van der Waals surface area contributed by atoms with Crippen LogP contribution in [0.2, 0.25) is 0 Å². The maximum atomic E-state index is 9.73. The second-order valence-electron chi connectivity index (χ2n) is 0.953. The minimum Gasteiger partial charge on any atom is -0.289 e. The maximum absolute atomic E-state index is 9.73. The zero-order chi connectivity index (χ0) is 5.86. The molecule has 0 saturated carbocycles. The molecule has 0 atom stereocenters. The van der Waals surface area contributed by atoms with E-state index in [1.807, 2.05) is 5.18 Å². The molecule has 4 nitrogen and oxygen atoms in total. The van der Waals surface area contributed by atoms with Crippen molar-refractivity contribution < 1.29 is 9.59 Å². The van der Waals surface area contributed by atoms with Crippen molar-refractivity contribution in [3.05, 3.63) is 4.91 Å². The molecular weight excluding hydrogens is 98.0 g/mol. The van der Waals surface area contributed by atoms with Crippen LogP contribution in [0, 0.1) is 4.91 Å². The highest BCUT2D eigenvalue weighted by Crippen LogP contribution is 1.72. The fourth-order valence-electron chi connectivity index (χ4n) is 0.0643. The fraction of sp³-hybridized carbons (Fsp3) is 0.333. The third-order valence-electron chi connectivity index (χ3n) is 0.384. The van der Waals surface area contributed by atoms with Crippen LogP contribution in [0.5, 0.6) is 0 Å². The predicted octanol–water partition coefficient (Wildman–Crippen LogP) is -0.132. The first-order valence-corrected chi connectivity index (χ1v) is 1.56. The van der Waals surface area contributed by atoms with E-state index < -0.39 is 11.7 Å². The average Bonchev–Trinajstić information content (AvgIpc) is 1.65. The van der Waals surface area contributed by atoms with Crippen molar-refractivity contribution in [1.82, 2.24) is 0 Å². The second-order valence-corrected chi connectivity index (χ2v) is 0.953. The van der Waals surface area contributed by atoms with E-state index in [0.717, 1.165) is 6.92 Å². The van der Waals surface area contributed by atoms with Crippen molar-refractivity contribution in [3.63, 3.8) is 0 Å². The lowest BCUT2D eigenvalue weighted by Crippen LogP contribution is -2.03. The van der Waals surface area contributed by atoms with E-state index >= 15 is 0 Å². The second kappa shape index (κ2) is 2.17. The van der Waals surface area contributed by atoms with Crippen molar-refractivity contribution in [1.29, 1.82) is 0 Å². The van der Waals surface area contributed by atoms with Crippen LogP contribution in [0.4, 0.5) is 0 Å². The number of ketones is 1. The highest BCUT2D eigenvalue weighted by molar-refractivity contribution is 6.35. The van der Waals surface area contributed by atoms with Crippen LogP contribution < -0.4 is 0 Å². The molecular formula is C3H3NO3. The van der Waals surface area contributed by atoms with E-state index in [-0.39, 0.29) is 0 Å². The molecule has 0 aliphatic heterocycles. The van der Waals surface area contributed by atoms with E-state index in [9.17, 15) is 9.59 Å². The van der Waals surface area contributed by atoms with Crippen LogP contribution in [-0.4, -0.2) is 11.7 Å². The van der Waals surface area contributed by atoms with E-state index in [1.54, 1.807) is 0 Å². The number of carbonyl (C=O) groups is 2. The molecule has 0 fully saturated rings. The van der Waals surface area contributed by atoms with Crippen LogP contribution in [0.15, 0.2) is 5.18 Å². The lowest BCUT2D eigenvalue weighted by Gasteiger charge is -1.71. The lowest BCUT2D eigenvalue weighted by atomic mass is 10.4. The Morgan fingerprint density at radius 1 is 1.43 bits per heavy atom. The monoisotopic (exact) mass is 101 g/mol. The van der Waals surface area contributed by atoms with Crippen molar-refractivity contribution in [2.75, 3.05) is 0 Å². The molecule has 0 heterocycles. The predicted molar refractivity (Wildman–Crippen MR) is 21.5 cm³/mol. The van der Waals surface area contributed by atoms with Gasteiger partial charge in [0.15, 0.2) is 0 Å². The summed E-state index contributed by atoms with van der Waals surface area (Å²) in [5.74, 6) is -2.05. The van der Waals surface area contributed by atoms with Gasteiger partial charge < -0.3 is 0 Å². The van der Waals surface area contributed by atoms with Gasteiger partial charge in [0, 0.05) is 12.1 Å². The minimum atomic E-state index is -1.22. The number of nitrogens with zero attached hydrogens (tertiary/aromatic N) is 1. The molecule has 1 amide bonds. The number of carbonyl (C=O) groups excluding carboxylic acids is 2. The average molecular weight is 101 g/mol. The number of rotatable bonds is 1. The molecule has 0 radical (unpaired) electrons. The summed E-state index contributed by atoms with van der Waals surface area (Å²) in [5, 5.41) is 1.85. The van der Waals surface area contributed by atoms with Gasteiger partial charge in [-0.1, -0.05) is 0 Å². The van der Waals surface area contributed by atoms with Gasteiger partial charge in [0.25, 0.3) is 0 Å². The lowest BCUT2D eigenvalue weighted by molar-refractivity contribution is -0.134. The Hall–Kier alpha value is -1.06. The van der Waals surface area contributed by atoms with Gasteiger partial charge in [-0.15, -0.1) is 4.91 Å². The first kappa shape index (κ1) is 5.94.